The smallest absolute Gasteiger partial charge is 0.224 e. The van der Waals surface area contributed by atoms with Crippen molar-refractivity contribution < 1.29 is 4.79 Å². The normalized spacial score (nSPS) is 24.8. The molecule has 2 aliphatic carbocycles. The summed E-state index contributed by atoms with van der Waals surface area (Å²) in [7, 11) is 0. The van der Waals surface area contributed by atoms with Crippen molar-refractivity contribution in [2.24, 2.45) is 5.92 Å². The molecule has 2 saturated carbocycles. The third-order valence-electron chi connectivity index (χ3n) is 4.51. The van der Waals surface area contributed by atoms with Crippen LogP contribution in [-0.4, -0.2) is 11.4 Å². The number of rotatable bonds is 2. The van der Waals surface area contributed by atoms with Gasteiger partial charge in [-0.3, -0.25) is 4.79 Å². The van der Waals surface area contributed by atoms with Crippen molar-refractivity contribution in [1.29, 1.82) is 5.26 Å². The van der Waals surface area contributed by atoms with Gasteiger partial charge in [0.1, 0.15) is 5.54 Å². The van der Waals surface area contributed by atoms with Gasteiger partial charge in [0.2, 0.25) is 5.91 Å². The van der Waals surface area contributed by atoms with E-state index in [1.54, 1.807) is 0 Å². The van der Waals surface area contributed by atoms with Gasteiger partial charge in [0.05, 0.1) is 6.07 Å². The fraction of sp³-hybridized carbons (Fsp3) is 0.867. The van der Waals surface area contributed by atoms with E-state index in [-0.39, 0.29) is 11.8 Å². The maximum atomic E-state index is 12.3. The topological polar surface area (TPSA) is 52.9 Å². The molecular weight excluding hydrogens is 224 g/mol. The first-order chi connectivity index (χ1) is 8.76. The fourth-order valence-electron chi connectivity index (χ4n) is 3.30. The van der Waals surface area contributed by atoms with Crippen molar-refractivity contribution in [2.45, 2.75) is 76.2 Å². The molecule has 2 aliphatic rings. The van der Waals surface area contributed by atoms with Crippen LogP contribution in [0.15, 0.2) is 0 Å². The SMILES string of the molecule is N#CC1(NC(=O)C2CCCCCC2)CCCCC1. The van der Waals surface area contributed by atoms with Gasteiger partial charge in [-0.25, -0.2) is 0 Å². The summed E-state index contributed by atoms with van der Waals surface area (Å²) in [5, 5.41) is 12.5. The molecule has 3 heteroatoms. The van der Waals surface area contributed by atoms with Crippen LogP contribution >= 0.6 is 0 Å². The number of nitriles is 1. The highest BCUT2D eigenvalue weighted by molar-refractivity contribution is 5.80. The second-order valence-electron chi connectivity index (χ2n) is 5.93. The van der Waals surface area contributed by atoms with E-state index in [4.69, 9.17) is 0 Å². The number of carbonyl (C=O) groups excluding carboxylic acids is 1. The van der Waals surface area contributed by atoms with E-state index in [0.717, 1.165) is 51.4 Å². The molecule has 0 unspecified atom stereocenters. The Morgan fingerprint density at radius 3 is 2.11 bits per heavy atom. The average Bonchev–Trinajstić information content (AvgIpc) is 2.68. The maximum Gasteiger partial charge on any atom is 0.224 e. The van der Waals surface area contributed by atoms with Crippen molar-refractivity contribution in [1.82, 2.24) is 5.32 Å². The largest absolute Gasteiger partial charge is 0.338 e. The molecule has 3 nitrogen and oxygen atoms in total. The minimum Gasteiger partial charge on any atom is -0.338 e. The highest BCUT2D eigenvalue weighted by Gasteiger charge is 2.35. The molecule has 0 heterocycles. The number of hydrogen-bond donors (Lipinski definition) is 1. The lowest BCUT2D eigenvalue weighted by Crippen LogP contribution is -2.50. The molecular formula is C15H24N2O. The monoisotopic (exact) mass is 248 g/mol. The van der Waals surface area contributed by atoms with Crippen molar-refractivity contribution in [2.75, 3.05) is 0 Å². The number of hydrogen-bond acceptors (Lipinski definition) is 2. The van der Waals surface area contributed by atoms with E-state index < -0.39 is 5.54 Å². The second kappa shape index (κ2) is 6.22. The Balaban J connectivity index is 1.94. The minimum absolute atomic E-state index is 0.139. The molecule has 1 N–H and O–H groups in total. The van der Waals surface area contributed by atoms with E-state index in [1.807, 2.05) is 0 Å². The van der Waals surface area contributed by atoms with E-state index >= 15 is 0 Å². The van der Waals surface area contributed by atoms with E-state index in [2.05, 4.69) is 11.4 Å². The van der Waals surface area contributed by atoms with E-state index in [9.17, 15) is 10.1 Å². The van der Waals surface area contributed by atoms with Crippen LogP contribution in [0.4, 0.5) is 0 Å². The molecule has 0 radical (unpaired) electrons. The van der Waals surface area contributed by atoms with Crippen molar-refractivity contribution >= 4 is 5.91 Å². The Morgan fingerprint density at radius 1 is 1.00 bits per heavy atom. The predicted octanol–water partition coefficient (Wildman–Crippen LogP) is 3.30. The molecule has 0 aromatic carbocycles. The van der Waals surface area contributed by atoms with Gasteiger partial charge in [0.15, 0.2) is 0 Å². The number of nitrogens with one attached hydrogen (secondary N) is 1. The summed E-state index contributed by atoms with van der Waals surface area (Å²) in [6.07, 6.45) is 11.9. The molecule has 18 heavy (non-hydrogen) atoms. The zero-order chi connectivity index (χ0) is 12.8. The molecule has 100 valence electrons. The first-order valence-electron chi connectivity index (χ1n) is 7.49. The summed E-state index contributed by atoms with van der Waals surface area (Å²) < 4.78 is 0. The average molecular weight is 248 g/mol. The number of carbonyl (C=O) groups is 1. The first-order valence-corrected chi connectivity index (χ1v) is 7.49. The molecule has 1 amide bonds. The summed E-state index contributed by atoms with van der Waals surface area (Å²) >= 11 is 0. The molecule has 0 aliphatic heterocycles. The molecule has 2 rings (SSSR count). The van der Waals surface area contributed by atoms with Crippen LogP contribution in [0.2, 0.25) is 0 Å². The summed E-state index contributed by atoms with van der Waals surface area (Å²) in [4.78, 5) is 12.3. The maximum absolute atomic E-state index is 12.3. The lowest BCUT2D eigenvalue weighted by Gasteiger charge is -2.32. The van der Waals surface area contributed by atoms with Gasteiger partial charge in [-0.2, -0.15) is 5.26 Å². The predicted molar refractivity (Wildman–Crippen MR) is 70.8 cm³/mol. The zero-order valence-corrected chi connectivity index (χ0v) is 11.2. The van der Waals surface area contributed by atoms with Gasteiger partial charge < -0.3 is 5.32 Å². The zero-order valence-electron chi connectivity index (χ0n) is 11.2. The van der Waals surface area contributed by atoms with E-state index in [1.165, 1.54) is 19.3 Å². The minimum atomic E-state index is -0.554. The Hall–Kier alpha value is -1.04. The fourth-order valence-corrected chi connectivity index (χ4v) is 3.30. The third-order valence-corrected chi connectivity index (χ3v) is 4.51. The van der Waals surface area contributed by atoms with Gasteiger partial charge in [-0.15, -0.1) is 0 Å². The Kier molecular flexibility index (Phi) is 4.63. The summed E-state index contributed by atoms with van der Waals surface area (Å²) in [5.74, 6) is 0.292. The van der Waals surface area contributed by atoms with Crippen molar-refractivity contribution in [3.63, 3.8) is 0 Å². The molecule has 0 aromatic heterocycles. The van der Waals surface area contributed by atoms with Crippen LogP contribution in [0.25, 0.3) is 0 Å². The molecule has 2 fully saturated rings. The Morgan fingerprint density at radius 2 is 1.56 bits per heavy atom. The second-order valence-corrected chi connectivity index (χ2v) is 5.93. The van der Waals surface area contributed by atoms with Crippen molar-refractivity contribution in [3.05, 3.63) is 0 Å². The lowest BCUT2D eigenvalue weighted by atomic mass is 9.82. The quantitative estimate of drug-likeness (QED) is 0.762. The Bertz CT molecular complexity index is 318. The third kappa shape index (κ3) is 3.25. The van der Waals surface area contributed by atoms with E-state index in [0.29, 0.717) is 0 Å². The van der Waals surface area contributed by atoms with Gasteiger partial charge >= 0.3 is 0 Å². The van der Waals surface area contributed by atoms with Crippen LogP contribution in [0.3, 0.4) is 0 Å². The molecule has 0 atom stereocenters. The van der Waals surface area contributed by atoms with Gasteiger partial charge in [-0.05, 0) is 25.7 Å². The van der Waals surface area contributed by atoms with Crippen LogP contribution < -0.4 is 5.32 Å². The first kappa shape index (κ1) is 13.4. The number of amides is 1. The van der Waals surface area contributed by atoms with Crippen LogP contribution in [0.1, 0.15) is 70.6 Å². The van der Waals surface area contributed by atoms with Gasteiger partial charge in [0, 0.05) is 5.92 Å². The lowest BCUT2D eigenvalue weighted by molar-refractivity contribution is -0.127. The summed E-state index contributed by atoms with van der Waals surface area (Å²) in [6, 6.07) is 2.37. The molecule has 0 saturated heterocycles. The van der Waals surface area contributed by atoms with Crippen LogP contribution in [-0.2, 0) is 4.79 Å². The van der Waals surface area contributed by atoms with Crippen LogP contribution in [0.5, 0.6) is 0 Å². The summed E-state index contributed by atoms with van der Waals surface area (Å²) in [5.41, 5.74) is -0.554. The van der Waals surface area contributed by atoms with Gasteiger partial charge in [0.25, 0.3) is 0 Å². The molecule has 0 aromatic rings. The molecule has 0 bridgehead atoms. The van der Waals surface area contributed by atoms with Gasteiger partial charge in [-0.1, -0.05) is 44.9 Å². The highest BCUT2D eigenvalue weighted by atomic mass is 16.2. The summed E-state index contributed by atoms with van der Waals surface area (Å²) in [6.45, 7) is 0. The highest BCUT2D eigenvalue weighted by Crippen LogP contribution is 2.29. The number of nitrogens with zero attached hydrogens (tertiary/aromatic N) is 1. The standard InChI is InChI=1S/C15H24N2O/c16-12-15(10-6-3-7-11-15)17-14(18)13-8-4-1-2-5-9-13/h13H,1-11H2,(H,17,18). The Labute approximate surface area is 110 Å². The molecule has 0 spiro atoms. The van der Waals surface area contributed by atoms with Crippen LogP contribution in [0, 0.1) is 17.2 Å². The van der Waals surface area contributed by atoms with Crippen molar-refractivity contribution in [3.8, 4) is 6.07 Å².